The number of aromatic hydroxyl groups is 1. The number of ether oxygens (including phenoxy) is 1. The topological polar surface area (TPSA) is 107 Å². The number of phenolic OH excluding ortho intramolecular Hbond substituents is 1. The van der Waals surface area contributed by atoms with E-state index in [2.05, 4.69) is 6.08 Å². The summed E-state index contributed by atoms with van der Waals surface area (Å²) in [5.74, 6) is -1.45. The van der Waals surface area contributed by atoms with Crippen LogP contribution in [0, 0.1) is 17.8 Å². The second kappa shape index (κ2) is 12.9. The first kappa shape index (κ1) is 29.5. The molecule has 1 aliphatic heterocycles. The molecule has 3 aromatic rings. The van der Waals surface area contributed by atoms with Gasteiger partial charge in [-0.15, -0.1) is 0 Å². The molecule has 4 atom stereocenters. The Hall–Kier alpha value is -3.94. The minimum Gasteiger partial charge on any atom is -0.507 e. The fraction of sp³-hybridized carbons (Fsp3) is 0.371. The highest BCUT2D eigenvalue weighted by Gasteiger charge is 2.54. The van der Waals surface area contributed by atoms with E-state index in [0.29, 0.717) is 43.6 Å². The number of nitrogens with zero attached hydrogens (tertiary/aromatic N) is 1. The van der Waals surface area contributed by atoms with E-state index in [1.54, 1.807) is 6.07 Å². The molecule has 1 saturated heterocycles. The number of likely N-dealkylation sites (tertiary alicyclic amines) is 1. The number of para-hydroxylation sites is 1. The van der Waals surface area contributed by atoms with Crippen molar-refractivity contribution in [1.82, 2.24) is 4.90 Å². The van der Waals surface area contributed by atoms with Crippen LogP contribution in [-0.4, -0.2) is 57.9 Å². The van der Waals surface area contributed by atoms with Crippen LogP contribution in [-0.2, 0) is 9.59 Å². The molecule has 1 aliphatic carbocycles. The zero-order valence-electron chi connectivity index (χ0n) is 24.2. The van der Waals surface area contributed by atoms with Gasteiger partial charge in [-0.05, 0) is 72.9 Å². The number of carbonyl (C=O) groups is 2. The van der Waals surface area contributed by atoms with Crippen LogP contribution in [0.25, 0.3) is 16.8 Å². The van der Waals surface area contributed by atoms with Crippen molar-refractivity contribution in [2.45, 2.75) is 45.6 Å². The molecule has 1 heterocycles. The zero-order chi connectivity index (χ0) is 29.8. The number of hydrogen-bond donors (Lipinski definition) is 3. The minimum absolute atomic E-state index is 0.166. The van der Waals surface area contributed by atoms with Gasteiger partial charge in [0.1, 0.15) is 18.1 Å². The number of hydrogen-bond acceptors (Lipinski definition) is 6. The number of rotatable bonds is 11. The molecule has 0 unspecified atom stereocenters. The number of benzene rings is 3. The lowest BCUT2D eigenvalue weighted by Crippen LogP contribution is -2.40. The summed E-state index contributed by atoms with van der Waals surface area (Å²) in [5, 5.41) is 34.2. The van der Waals surface area contributed by atoms with E-state index in [1.165, 1.54) is 4.90 Å². The van der Waals surface area contributed by atoms with Crippen molar-refractivity contribution in [1.29, 1.82) is 0 Å². The van der Waals surface area contributed by atoms with Gasteiger partial charge in [0.25, 0.3) is 0 Å². The van der Waals surface area contributed by atoms with Crippen molar-refractivity contribution in [3.8, 4) is 11.5 Å². The smallest absolute Gasteiger partial charge is 0.233 e. The van der Waals surface area contributed by atoms with Gasteiger partial charge in [0, 0.05) is 17.8 Å². The third-order valence-electron chi connectivity index (χ3n) is 8.58. The van der Waals surface area contributed by atoms with Crippen LogP contribution in [0.15, 0.2) is 83.4 Å². The number of allylic oxidation sites excluding steroid dienone is 1. The van der Waals surface area contributed by atoms with Gasteiger partial charge in [0.15, 0.2) is 0 Å². The second-order valence-corrected chi connectivity index (χ2v) is 11.4. The number of amides is 2. The highest BCUT2D eigenvalue weighted by molar-refractivity contribution is 6.06. The third kappa shape index (κ3) is 5.85. The fourth-order valence-electron chi connectivity index (χ4n) is 6.58. The normalized spacial score (nSPS) is 21.7. The van der Waals surface area contributed by atoms with Crippen molar-refractivity contribution in [3.05, 3.63) is 89.0 Å². The molecular formula is C35H39NO6. The molecule has 0 saturated carbocycles. The maximum absolute atomic E-state index is 13.4. The van der Waals surface area contributed by atoms with E-state index >= 15 is 0 Å². The van der Waals surface area contributed by atoms with Crippen molar-refractivity contribution < 1.29 is 29.6 Å². The molecule has 0 spiro atoms. The predicted molar refractivity (Wildman–Crippen MR) is 163 cm³/mol. The number of aliphatic hydroxyl groups is 2. The average molecular weight is 570 g/mol. The van der Waals surface area contributed by atoms with Gasteiger partial charge in [0.2, 0.25) is 11.8 Å². The maximum atomic E-state index is 13.4. The Morgan fingerprint density at radius 3 is 2.45 bits per heavy atom. The first-order valence-electron chi connectivity index (χ1n) is 14.8. The SMILES string of the molecule is CCCN1C(=O)[C@@H]2[C@@H](CC(COc3ccccc3)=C([C@H](O)CC/C(C)=C/c3ccc(O)c4ccccc34)[C@@H]2CO)C1=O. The lowest BCUT2D eigenvalue weighted by Gasteiger charge is -2.36. The molecule has 0 bridgehead atoms. The van der Waals surface area contributed by atoms with Gasteiger partial charge in [-0.2, -0.15) is 0 Å². The zero-order valence-corrected chi connectivity index (χ0v) is 24.2. The summed E-state index contributed by atoms with van der Waals surface area (Å²) in [5.41, 5.74) is 3.42. The summed E-state index contributed by atoms with van der Waals surface area (Å²) >= 11 is 0. The summed E-state index contributed by atoms with van der Waals surface area (Å²) < 4.78 is 6.07. The largest absolute Gasteiger partial charge is 0.507 e. The molecule has 0 aromatic heterocycles. The second-order valence-electron chi connectivity index (χ2n) is 11.4. The van der Waals surface area contributed by atoms with Crippen molar-refractivity contribution in [2.75, 3.05) is 19.8 Å². The van der Waals surface area contributed by atoms with Crippen LogP contribution in [0.5, 0.6) is 11.5 Å². The van der Waals surface area contributed by atoms with Crippen molar-refractivity contribution in [2.24, 2.45) is 17.8 Å². The summed E-state index contributed by atoms with van der Waals surface area (Å²) in [6.45, 7) is 4.11. The van der Waals surface area contributed by atoms with Crippen LogP contribution >= 0.6 is 0 Å². The number of imide groups is 1. The van der Waals surface area contributed by atoms with Crippen LogP contribution < -0.4 is 4.74 Å². The van der Waals surface area contributed by atoms with E-state index in [1.807, 2.05) is 74.5 Å². The number of carbonyl (C=O) groups excluding carboxylic acids is 2. The van der Waals surface area contributed by atoms with E-state index in [9.17, 15) is 24.9 Å². The van der Waals surface area contributed by atoms with Crippen molar-refractivity contribution in [3.63, 3.8) is 0 Å². The van der Waals surface area contributed by atoms with Crippen LogP contribution in [0.1, 0.15) is 45.1 Å². The number of phenols is 1. The van der Waals surface area contributed by atoms with E-state index in [0.717, 1.165) is 27.5 Å². The van der Waals surface area contributed by atoms with Crippen LogP contribution in [0.3, 0.4) is 0 Å². The lowest BCUT2D eigenvalue weighted by atomic mass is 9.68. The summed E-state index contributed by atoms with van der Waals surface area (Å²) in [6, 6.07) is 20.6. The van der Waals surface area contributed by atoms with Gasteiger partial charge < -0.3 is 20.1 Å². The molecular weight excluding hydrogens is 530 g/mol. The third-order valence-corrected chi connectivity index (χ3v) is 8.58. The molecule has 0 radical (unpaired) electrons. The molecule has 42 heavy (non-hydrogen) atoms. The minimum atomic E-state index is -0.916. The highest BCUT2D eigenvalue weighted by Crippen LogP contribution is 2.46. The van der Waals surface area contributed by atoms with Gasteiger partial charge in [-0.25, -0.2) is 0 Å². The standard InChI is InChI=1S/C35H39NO6/c1-3-17-36-34(40)28-19-24(21-42-25-9-5-4-6-10-25)32(29(20-37)33(28)35(36)41)31(39)15-13-22(2)18-23-14-16-30(38)27-12-8-7-11-26(23)27/h4-12,14,16,18,28-29,31,33,37-39H,3,13,15,17,19-21H2,1-2H3/b22-18+/t28-,29+,31-,33-/m1/s1. The Labute approximate surface area is 246 Å². The molecule has 7 nitrogen and oxygen atoms in total. The predicted octanol–water partition coefficient (Wildman–Crippen LogP) is 5.49. The molecule has 2 aliphatic rings. The summed E-state index contributed by atoms with van der Waals surface area (Å²) in [7, 11) is 0. The molecule has 1 fully saturated rings. The Bertz CT molecular complexity index is 1510. The lowest BCUT2D eigenvalue weighted by molar-refractivity contribution is -0.140. The van der Waals surface area contributed by atoms with Crippen molar-refractivity contribution >= 4 is 28.7 Å². The molecule has 3 N–H and O–H groups in total. The van der Waals surface area contributed by atoms with E-state index < -0.39 is 23.9 Å². The molecule has 5 rings (SSSR count). The quantitative estimate of drug-likeness (QED) is 0.208. The maximum Gasteiger partial charge on any atom is 0.233 e. The molecule has 220 valence electrons. The van der Waals surface area contributed by atoms with Gasteiger partial charge in [-0.1, -0.05) is 67.1 Å². The van der Waals surface area contributed by atoms with Gasteiger partial charge in [-0.3, -0.25) is 14.5 Å². The van der Waals surface area contributed by atoms with Crippen LogP contribution in [0.4, 0.5) is 0 Å². The Balaban J connectivity index is 1.42. The Morgan fingerprint density at radius 1 is 1.02 bits per heavy atom. The summed E-state index contributed by atoms with van der Waals surface area (Å²) in [4.78, 5) is 28.0. The van der Waals surface area contributed by atoms with E-state index in [4.69, 9.17) is 4.74 Å². The van der Waals surface area contributed by atoms with Crippen LogP contribution in [0.2, 0.25) is 0 Å². The first-order chi connectivity index (χ1) is 20.3. The molecule has 7 heteroatoms. The Morgan fingerprint density at radius 2 is 1.74 bits per heavy atom. The molecule has 3 aromatic carbocycles. The van der Waals surface area contributed by atoms with E-state index in [-0.39, 0.29) is 30.8 Å². The number of fused-ring (bicyclic) bond motifs is 2. The average Bonchev–Trinajstić information content (AvgIpc) is 3.24. The molecule has 2 amide bonds. The fourth-order valence-corrected chi connectivity index (χ4v) is 6.58. The monoisotopic (exact) mass is 569 g/mol. The Kier molecular flexibility index (Phi) is 9.09. The number of aliphatic hydroxyl groups excluding tert-OH is 2. The van der Waals surface area contributed by atoms with Gasteiger partial charge in [0.05, 0.1) is 24.5 Å². The first-order valence-corrected chi connectivity index (χ1v) is 14.8. The van der Waals surface area contributed by atoms with Gasteiger partial charge >= 0.3 is 0 Å². The summed E-state index contributed by atoms with van der Waals surface area (Å²) in [6.07, 6.45) is 3.09. The highest BCUT2D eigenvalue weighted by atomic mass is 16.5.